The molecule has 0 aliphatic carbocycles. The Balaban J connectivity index is 0.000000226. The zero-order valence-electron chi connectivity index (χ0n) is 68.5. The lowest BCUT2D eigenvalue weighted by atomic mass is 9.71. The maximum Gasteiger partial charge on any atom is 0.514 e. The van der Waals surface area contributed by atoms with E-state index in [-0.39, 0.29) is 95.9 Å². The second kappa shape index (κ2) is 36.6. The monoisotopic (exact) mass is 1630 g/mol. The molecule has 8 heterocycles. The van der Waals surface area contributed by atoms with E-state index >= 15 is 0 Å². The Labute approximate surface area is 678 Å². The molecule has 2 saturated heterocycles. The summed E-state index contributed by atoms with van der Waals surface area (Å²) in [6.07, 6.45) is 0.539. The number of piperazine rings is 2. The molecule has 2 unspecified atom stereocenters. The van der Waals surface area contributed by atoms with E-state index in [1.165, 1.54) is 19.3 Å². The summed E-state index contributed by atoms with van der Waals surface area (Å²) < 4.78 is 90.7. The fourth-order valence-electron chi connectivity index (χ4n) is 17.1. The Bertz CT molecular complexity index is 4550. The average Bonchev–Trinajstić information content (AvgIpc) is 0.977. The number of benzene rings is 4. The minimum atomic E-state index is -1.50. The van der Waals surface area contributed by atoms with Gasteiger partial charge in [-0.1, -0.05) is 37.4 Å². The zero-order valence-corrected chi connectivity index (χ0v) is 69.3. The second-order valence-corrected chi connectivity index (χ2v) is 31.3. The van der Waals surface area contributed by atoms with Gasteiger partial charge in [0.25, 0.3) is 0 Å². The highest BCUT2D eigenvalue weighted by atomic mass is 35.5. The van der Waals surface area contributed by atoms with Crippen molar-refractivity contribution in [1.82, 2.24) is 40.9 Å². The Hall–Kier alpha value is -10.7. The molecule has 35 heteroatoms. The van der Waals surface area contributed by atoms with Crippen LogP contribution in [0.3, 0.4) is 0 Å². The molecule has 12 rings (SSSR count). The fraction of sp³-hybridized carbons (Fsp3) is 0.543. The maximum absolute atomic E-state index is 13.7. The number of methoxy groups -OCH3 is 4. The number of hydrogen-bond acceptors (Lipinski definition) is 29. The normalized spacial score (nSPS) is 22.0. The van der Waals surface area contributed by atoms with Gasteiger partial charge in [-0.15, -0.1) is 0 Å². The van der Waals surface area contributed by atoms with Crippen LogP contribution in [0.1, 0.15) is 146 Å². The van der Waals surface area contributed by atoms with Crippen LogP contribution >= 0.6 is 11.6 Å². The number of halogens is 1. The van der Waals surface area contributed by atoms with E-state index in [1.807, 2.05) is 27.9 Å². The van der Waals surface area contributed by atoms with Gasteiger partial charge in [-0.2, -0.15) is 10.5 Å². The number of amides is 4. The number of nitrogens with one attached hydrogen (secondary N) is 4. The number of alkyl carbamates (subject to hydrolysis) is 2. The number of fused-ring (bicyclic) bond motifs is 18. The van der Waals surface area contributed by atoms with Crippen LogP contribution in [0.4, 0.5) is 24.0 Å². The van der Waals surface area contributed by atoms with E-state index < -0.39 is 107 Å². The molecule has 628 valence electrons. The lowest BCUT2D eigenvalue weighted by Gasteiger charge is -2.60. The van der Waals surface area contributed by atoms with Gasteiger partial charge >= 0.3 is 29.9 Å². The summed E-state index contributed by atoms with van der Waals surface area (Å²) in [6.45, 7) is 27.6. The highest BCUT2D eigenvalue weighted by Crippen LogP contribution is 2.61. The van der Waals surface area contributed by atoms with E-state index in [2.05, 4.69) is 83.0 Å². The van der Waals surface area contributed by atoms with Crippen LogP contribution in [0, 0.1) is 50.4 Å². The summed E-state index contributed by atoms with van der Waals surface area (Å²) in [4.78, 5) is 96.0. The Kier molecular flexibility index (Phi) is 27.7. The van der Waals surface area contributed by atoms with Crippen LogP contribution in [0.2, 0.25) is 0 Å². The highest BCUT2D eigenvalue weighted by molar-refractivity contribution is 6.61. The van der Waals surface area contributed by atoms with E-state index in [0.717, 1.165) is 33.4 Å². The van der Waals surface area contributed by atoms with Gasteiger partial charge < -0.3 is 102 Å². The van der Waals surface area contributed by atoms with Crippen LogP contribution in [-0.4, -0.2) is 222 Å². The molecular formula is C81H103ClN10O24. The standard InChI is InChI=1S/C40H51N5O11.C37H47N5O11.C4H5ClO2/c1-11-12-51-39(48)55-33-21(3)34-36(54-19-53-34)30-24(33)15-26-31-29-23(13-20(2)32(50-10)35(29)52-18-49-9)14-25(44(31)8)27(16-41)45(26)28(30)17-42-37(46)22(4)43-38(47)56-40(5,6)7;1-17-10-20-11-22-24(13-38)42-23(28(41(22)7)26(20)32(29(17)48-9)49-15-47-8)12-21-27(33-31(50-16-51-33)18(2)30(21)52-36(45)46)25(42)14-39-34(43)19(3)40-35(44)53-37(4,5)6;1-2-3-7-4(5)6/h11,13,22,25-28,31H,1,12,14-15,17-19H2,2-10H3,(H,42,46)(H,43,47);10,19,22-25,28H,11-12,14-16H2,1-9H3,(H,39,43)(H,40,44)(H,45,46);2H,1,3H2/t22-,25+,26?,27+,28+,31+;19-,22+,23?,24+,25+,28+;/m11./s1. The van der Waals surface area contributed by atoms with Gasteiger partial charge in [-0.3, -0.25) is 29.2 Å². The van der Waals surface area contributed by atoms with Crippen molar-refractivity contribution in [3.63, 3.8) is 0 Å². The van der Waals surface area contributed by atoms with Crippen LogP contribution in [0.25, 0.3) is 0 Å². The molecule has 4 aromatic carbocycles. The van der Waals surface area contributed by atoms with Gasteiger partial charge in [0.05, 0.1) is 50.5 Å². The number of carbonyl (C=O) groups excluding carboxylic acids is 6. The minimum absolute atomic E-state index is 0.0136. The van der Waals surface area contributed by atoms with Crippen molar-refractivity contribution in [3.05, 3.63) is 104 Å². The van der Waals surface area contributed by atoms with Crippen LogP contribution in [0.5, 0.6) is 57.5 Å². The molecule has 4 aromatic rings. The molecule has 116 heavy (non-hydrogen) atoms. The molecule has 0 radical (unpaired) electrons. The summed E-state index contributed by atoms with van der Waals surface area (Å²) in [5, 5.41) is 43.1. The third kappa shape index (κ3) is 18.0. The van der Waals surface area contributed by atoms with Crippen molar-refractivity contribution in [2.75, 3.05) is 96.0 Å². The lowest BCUT2D eigenvalue weighted by Crippen LogP contribution is -2.69. The molecule has 34 nitrogen and oxygen atoms in total. The molecule has 0 saturated carbocycles. The fourth-order valence-corrected chi connectivity index (χ4v) is 17.1. The molecule has 12 atom stereocenters. The molecule has 8 aliphatic rings. The summed E-state index contributed by atoms with van der Waals surface area (Å²) in [7, 11) is 10.2. The number of hydrogen-bond donors (Lipinski definition) is 5. The highest BCUT2D eigenvalue weighted by Gasteiger charge is 2.60. The smallest absolute Gasteiger partial charge is 0.493 e. The van der Waals surface area contributed by atoms with Crippen LogP contribution in [0.15, 0.2) is 37.4 Å². The number of rotatable bonds is 22. The van der Waals surface area contributed by atoms with Crippen LogP contribution < -0.4 is 68.6 Å². The summed E-state index contributed by atoms with van der Waals surface area (Å²) >= 11 is 4.75. The van der Waals surface area contributed by atoms with Gasteiger partial charge in [-0.25, -0.2) is 24.0 Å². The SMILES string of the molecule is C=CCOC(=O)Cl.C=CCOC(=O)Oc1c(C)c2c(c3c1CC1[C@H]4c5c(cc(C)c(OC)c5OCOC)C[C@@H]([C@H](C#N)N1[C@H]3CNC(=O)[C@@H](C)NC(=O)OC(C)(C)C)N4C)OCO2.COCOc1c(OC)c(C)cc2c1[C@@H]1C3Cc4c(OC(=O)O)c(C)c5c(c4[C@H](CNC(=O)[C@@H](C)NC(=O)OC(C)(C)C)N3[C@@H](C#N)[C@H](C2)N1C)OCO5. The van der Waals surface area contributed by atoms with Crippen LogP contribution in [-0.2, 0) is 63.7 Å². The molecule has 0 spiro atoms. The minimum Gasteiger partial charge on any atom is -0.493 e. The lowest BCUT2D eigenvalue weighted by molar-refractivity contribution is -0.124. The predicted molar refractivity (Wildman–Crippen MR) is 416 cm³/mol. The first-order chi connectivity index (χ1) is 55.0. The molecule has 2 fully saturated rings. The number of aryl methyl sites for hydroxylation is 2. The van der Waals surface area contributed by atoms with Crippen molar-refractivity contribution in [1.29, 1.82) is 10.5 Å². The summed E-state index contributed by atoms with van der Waals surface area (Å²) in [5.74, 6) is 3.12. The molecule has 0 aromatic heterocycles. The van der Waals surface area contributed by atoms with E-state index in [9.17, 15) is 49.2 Å². The quantitative estimate of drug-likeness (QED) is 0.0122. The Morgan fingerprint density at radius 2 is 0.966 bits per heavy atom. The molecule has 4 amide bonds. The van der Waals surface area contributed by atoms with E-state index in [1.54, 1.807) is 90.6 Å². The van der Waals surface area contributed by atoms with Crippen molar-refractivity contribution < 1.29 is 114 Å². The predicted octanol–water partition coefficient (Wildman–Crippen LogP) is 9.95. The summed E-state index contributed by atoms with van der Waals surface area (Å²) in [5.41, 5.74) is 6.56. The molecule has 4 bridgehead atoms. The number of ether oxygens (including phenoxy) is 16. The van der Waals surface area contributed by atoms with Crippen molar-refractivity contribution in [2.45, 2.75) is 192 Å². The first kappa shape index (κ1) is 87.7. The van der Waals surface area contributed by atoms with E-state index in [4.69, 9.17) is 82.7 Å². The maximum atomic E-state index is 13.7. The van der Waals surface area contributed by atoms with Gasteiger partial charge in [0.1, 0.15) is 60.1 Å². The number of nitriles is 2. The van der Waals surface area contributed by atoms with Crippen molar-refractivity contribution in [3.8, 4) is 69.6 Å². The third-order valence-electron chi connectivity index (χ3n) is 21.3. The van der Waals surface area contributed by atoms with Gasteiger partial charge in [0, 0.05) is 108 Å². The van der Waals surface area contributed by atoms with Crippen molar-refractivity contribution >= 4 is 53.3 Å². The van der Waals surface area contributed by atoms with Crippen molar-refractivity contribution in [2.24, 2.45) is 0 Å². The topological polar surface area (TPSA) is 396 Å². The summed E-state index contributed by atoms with van der Waals surface area (Å²) in [6, 6.07) is 2.37. The number of carboxylic acid groups (broad SMARTS) is 1. The van der Waals surface area contributed by atoms with Gasteiger partial charge in [0.2, 0.25) is 25.4 Å². The molecule has 8 aliphatic heterocycles. The number of nitrogens with zero attached hydrogens (tertiary/aromatic N) is 6. The molecular weight excluding hydrogens is 1530 g/mol. The Morgan fingerprint density at radius 1 is 0.578 bits per heavy atom. The third-order valence-corrected chi connectivity index (χ3v) is 21.4. The second-order valence-electron chi connectivity index (χ2n) is 30.9. The van der Waals surface area contributed by atoms with E-state index in [0.29, 0.717) is 92.2 Å². The Morgan fingerprint density at radius 3 is 1.31 bits per heavy atom. The molecule has 5 N–H and O–H groups in total. The number of carbonyl (C=O) groups is 7. The van der Waals surface area contributed by atoms with Gasteiger partial charge in [-0.05, 0) is 145 Å². The number of likely N-dealkylation sites (N-methyl/N-ethyl adjacent to an activating group) is 2. The van der Waals surface area contributed by atoms with Gasteiger partial charge in [0.15, 0.2) is 59.6 Å². The zero-order chi connectivity index (χ0) is 84.9. The average molecular weight is 1640 g/mol. The first-order valence-corrected chi connectivity index (χ1v) is 38.1. The largest absolute Gasteiger partial charge is 0.514 e. The first-order valence-electron chi connectivity index (χ1n) is 37.7.